The second kappa shape index (κ2) is 15.1. The molecule has 0 radical (unpaired) electrons. The predicted molar refractivity (Wildman–Crippen MR) is 274 cm³/mol. The smallest absolute Gasteiger partial charge is 0.238 e. The Bertz CT molecular complexity index is 4130. The number of fused-ring (bicyclic) bond motifs is 6. The lowest BCUT2D eigenvalue weighted by Crippen LogP contribution is -2.06. The number of rotatable bonds is 7. The summed E-state index contributed by atoms with van der Waals surface area (Å²) in [6.07, 6.45) is 0. The third-order valence-electron chi connectivity index (χ3n) is 13.1. The van der Waals surface area contributed by atoms with Crippen LogP contribution in [0.15, 0.2) is 217 Å². The van der Waals surface area contributed by atoms with E-state index in [2.05, 4.69) is 89.5 Å². The first-order chi connectivity index (χ1) is 33.7. The van der Waals surface area contributed by atoms with E-state index in [1.807, 2.05) is 127 Å². The van der Waals surface area contributed by atoms with Gasteiger partial charge in [-0.05, 0) is 39.9 Å². The molecule has 8 heteroatoms. The fraction of sp³-hybridized carbons (Fsp3) is 0. The quantitative estimate of drug-likeness (QED) is 0.147. The molecule has 14 rings (SSSR count). The number of hydrogen-bond acceptors (Lipinski definition) is 7. The first kappa shape index (κ1) is 37.9. The molecule has 0 aliphatic carbocycles. The van der Waals surface area contributed by atoms with Crippen LogP contribution in [0.1, 0.15) is 0 Å². The summed E-state index contributed by atoms with van der Waals surface area (Å²) in [5.41, 5.74) is 10.0. The molecule has 0 N–H and O–H groups in total. The van der Waals surface area contributed by atoms with E-state index in [1.165, 1.54) is 10.8 Å². The molecule has 4 heterocycles. The molecule has 0 aliphatic rings. The Balaban J connectivity index is 1.02. The van der Waals surface area contributed by atoms with Crippen molar-refractivity contribution in [3.8, 4) is 74.0 Å². The van der Waals surface area contributed by atoms with Crippen molar-refractivity contribution in [1.29, 1.82) is 0 Å². The van der Waals surface area contributed by atoms with Crippen LogP contribution >= 0.6 is 0 Å². The SMILES string of the molecule is c1ccc(-c2nc(-c3ccccc3)nc(-c3cccc4c3oc3c(-c5ccc6c7c5c5ccccc5c5cccc(c57)n6-c5nc(-c6ccccc6)nc(-c6ccccc6)n5)cccc34)n2)cc1. The average Bonchev–Trinajstić information content (AvgIpc) is 3.98. The van der Waals surface area contributed by atoms with E-state index in [9.17, 15) is 0 Å². The molecular weight excluding hydrogens is 835 g/mol. The highest BCUT2D eigenvalue weighted by Crippen LogP contribution is 2.49. The van der Waals surface area contributed by atoms with E-state index in [-0.39, 0.29) is 0 Å². The van der Waals surface area contributed by atoms with Gasteiger partial charge in [0.2, 0.25) is 5.95 Å². The van der Waals surface area contributed by atoms with E-state index in [0.29, 0.717) is 40.7 Å². The second-order valence-corrected chi connectivity index (χ2v) is 17.0. The molecule has 68 heavy (non-hydrogen) atoms. The summed E-state index contributed by atoms with van der Waals surface area (Å²) < 4.78 is 9.38. The molecule has 316 valence electrons. The molecular formula is C60H35N7O. The fourth-order valence-electron chi connectivity index (χ4n) is 10.1. The van der Waals surface area contributed by atoms with Gasteiger partial charge in [0.15, 0.2) is 29.1 Å². The Morgan fingerprint density at radius 3 is 1.25 bits per heavy atom. The van der Waals surface area contributed by atoms with Gasteiger partial charge < -0.3 is 4.42 Å². The van der Waals surface area contributed by atoms with Crippen molar-refractivity contribution in [1.82, 2.24) is 34.5 Å². The Kier molecular flexibility index (Phi) is 8.41. The van der Waals surface area contributed by atoms with E-state index in [1.54, 1.807) is 0 Å². The van der Waals surface area contributed by atoms with Crippen LogP contribution in [0.3, 0.4) is 0 Å². The van der Waals surface area contributed by atoms with Crippen LogP contribution in [-0.4, -0.2) is 34.5 Å². The summed E-state index contributed by atoms with van der Waals surface area (Å²) in [5, 5.41) is 8.89. The summed E-state index contributed by atoms with van der Waals surface area (Å²) >= 11 is 0. The third kappa shape index (κ3) is 5.87. The van der Waals surface area contributed by atoms with Gasteiger partial charge in [-0.2, -0.15) is 9.97 Å². The third-order valence-corrected chi connectivity index (χ3v) is 13.1. The highest BCUT2D eigenvalue weighted by molar-refractivity contribution is 6.37. The zero-order chi connectivity index (χ0) is 44.7. The number of benzene rings is 10. The Labute approximate surface area is 388 Å². The van der Waals surface area contributed by atoms with Crippen molar-refractivity contribution in [2.75, 3.05) is 0 Å². The van der Waals surface area contributed by atoms with Crippen molar-refractivity contribution < 1.29 is 4.42 Å². The molecule has 0 saturated carbocycles. The molecule has 0 saturated heterocycles. The molecule has 0 bridgehead atoms. The minimum atomic E-state index is 0.541. The molecule has 0 aliphatic heterocycles. The van der Waals surface area contributed by atoms with Crippen molar-refractivity contribution in [2.45, 2.75) is 0 Å². The molecule has 0 amide bonds. The highest BCUT2D eigenvalue weighted by atomic mass is 16.3. The monoisotopic (exact) mass is 869 g/mol. The van der Waals surface area contributed by atoms with Crippen LogP contribution in [0, 0.1) is 0 Å². The van der Waals surface area contributed by atoms with Crippen LogP contribution in [0.4, 0.5) is 0 Å². The molecule has 4 aromatic heterocycles. The van der Waals surface area contributed by atoms with Gasteiger partial charge in [0.1, 0.15) is 11.2 Å². The summed E-state index contributed by atoms with van der Waals surface area (Å²) in [4.78, 5) is 30.7. The Morgan fingerprint density at radius 1 is 0.265 bits per heavy atom. The summed E-state index contributed by atoms with van der Waals surface area (Å²) in [5.74, 6) is 3.50. The van der Waals surface area contributed by atoms with Crippen LogP contribution < -0.4 is 0 Å². The molecule has 0 spiro atoms. The van der Waals surface area contributed by atoms with Gasteiger partial charge in [0.25, 0.3) is 0 Å². The molecule has 0 atom stereocenters. The van der Waals surface area contributed by atoms with Crippen LogP contribution in [0.25, 0.3) is 139 Å². The molecule has 0 unspecified atom stereocenters. The standard InChI is InChI=1S/C60H35N7O/c1-5-18-36(19-6-1)55-61-56(37-20-7-2-8-21-37)64-59(63-55)47-32-16-31-46-45-30-15-29-44(53(45)68-54(46)47)43-34-35-49-52-50(43)41-27-14-13-26-40(41)42-28-17-33-48(51(42)52)67(49)60-65-57(38-22-9-3-10-23-38)62-58(66-60)39-24-11-4-12-25-39/h1-35H. The largest absolute Gasteiger partial charge is 0.455 e. The summed E-state index contributed by atoms with van der Waals surface area (Å²) in [7, 11) is 0. The number of nitrogens with zero attached hydrogens (tertiary/aromatic N) is 7. The van der Waals surface area contributed by atoms with Crippen LogP contribution in [0.2, 0.25) is 0 Å². The Hall–Kier alpha value is -9.40. The van der Waals surface area contributed by atoms with E-state index in [4.69, 9.17) is 34.3 Å². The molecule has 0 fully saturated rings. The minimum Gasteiger partial charge on any atom is -0.455 e. The molecule has 8 nitrogen and oxygen atoms in total. The van der Waals surface area contributed by atoms with Gasteiger partial charge >= 0.3 is 0 Å². The maximum Gasteiger partial charge on any atom is 0.238 e. The Morgan fingerprint density at radius 2 is 0.676 bits per heavy atom. The lowest BCUT2D eigenvalue weighted by Gasteiger charge is -2.14. The maximum atomic E-state index is 7.17. The van der Waals surface area contributed by atoms with E-state index >= 15 is 0 Å². The molecule has 14 aromatic rings. The zero-order valence-electron chi connectivity index (χ0n) is 36.2. The maximum absolute atomic E-state index is 7.17. The van der Waals surface area contributed by atoms with Gasteiger partial charge in [0, 0.05) is 54.7 Å². The number of aromatic nitrogens is 7. The lowest BCUT2D eigenvalue weighted by molar-refractivity contribution is 0.670. The number of furan rings is 1. The van der Waals surface area contributed by atoms with Crippen LogP contribution in [-0.2, 0) is 0 Å². The van der Waals surface area contributed by atoms with E-state index in [0.717, 1.165) is 87.9 Å². The topological polar surface area (TPSA) is 95.4 Å². The second-order valence-electron chi connectivity index (χ2n) is 17.0. The van der Waals surface area contributed by atoms with Gasteiger partial charge in [-0.1, -0.05) is 194 Å². The summed E-state index contributed by atoms with van der Waals surface area (Å²) in [6, 6.07) is 72.7. The zero-order valence-corrected chi connectivity index (χ0v) is 36.2. The first-order valence-electron chi connectivity index (χ1n) is 22.6. The van der Waals surface area contributed by atoms with Gasteiger partial charge in [-0.25, -0.2) is 19.9 Å². The van der Waals surface area contributed by atoms with Crippen molar-refractivity contribution in [2.24, 2.45) is 0 Å². The normalized spacial score (nSPS) is 11.8. The molecule has 10 aromatic carbocycles. The number of para-hydroxylation sites is 2. The first-order valence-corrected chi connectivity index (χ1v) is 22.6. The minimum absolute atomic E-state index is 0.541. The van der Waals surface area contributed by atoms with Crippen molar-refractivity contribution in [3.05, 3.63) is 212 Å². The lowest BCUT2D eigenvalue weighted by atomic mass is 9.89. The van der Waals surface area contributed by atoms with Crippen molar-refractivity contribution >= 4 is 65.3 Å². The predicted octanol–water partition coefficient (Wildman–Crippen LogP) is 14.8. The number of hydrogen-bond donors (Lipinski definition) is 0. The average molecular weight is 870 g/mol. The van der Waals surface area contributed by atoms with Gasteiger partial charge in [0.05, 0.1) is 16.6 Å². The van der Waals surface area contributed by atoms with Gasteiger partial charge in [-0.3, -0.25) is 4.57 Å². The summed E-state index contributed by atoms with van der Waals surface area (Å²) in [6.45, 7) is 0. The fourth-order valence-corrected chi connectivity index (χ4v) is 10.1. The highest BCUT2D eigenvalue weighted by Gasteiger charge is 2.26. The van der Waals surface area contributed by atoms with Crippen molar-refractivity contribution in [3.63, 3.8) is 0 Å². The van der Waals surface area contributed by atoms with Crippen LogP contribution in [0.5, 0.6) is 0 Å². The van der Waals surface area contributed by atoms with Gasteiger partial charge in [-0.15, -0.1) is 0 Å². The van der Waals surface area contributed by atoms with E-state index < -0.39 is 0 Å².